The standard InChI is InChI=1S/C12H7F3N2O3/c13-12(14,15)8-3-1-2-7(4-8)10-5-9(17(19)20)6-16-11(10)18/h1-6H,(H,16,18). The number of hydrogen-bond donors (Lipinski definition) is 1. The van der Waals surface area contributed by atoms with Crippen molar-refractivity contribution >= 4 is 5.69 Å². The van der Waals surface area contributed by atoms with Crippen LogP contribution in [0.15, 0.2) is 41.3 Å². The van der Waals surface area contributed by atoms with Gasteiger partial charge in [-0.3, -0.25) is 14.9 Å². The van der Waals surface area contributed by atoms with E-state index in [1.165, 1.54) is 6.07 Å². The Labute approximate surface area is 109 Å². The van der Waals surface area contributed by atoms with E-state index < -0.39 is 27.9 Å². The lowest BCUT2D eigenvalue weighted by atomic mass is 10.0. The number of nitrogens with one attached hydrogen (secondary N) is 1. The van der Waals surface area contributed by atoms with Crippen molar-refractivity contribution in [2.45, 2.75) is 6.18 Å². The first-order valence-corrected chi connectivity index (χ1v) is 5.34. The highest BCUT2D eigenvalue weighted by Gasteiger charge is 2.30. The Morgan fingerprint density at radius 1 is 1.20 bits per heavy atom. The fourth-order valence-corrected chi connectivity index (χ4v) is 1.66. The van der Waals surface area contributed by atoms with Gasteiger partial charge >= 0.3 is 6.18 Å². The molecule has 104 valence electrons. The summed E-state index contributed by atoms with van der Waals surface area (Å²) in [5.74, 6) is 0. The highest BCUT2D eigenvalue weighted by Crippen LogP contribution is 2.31. The Kier molecular flexibility index (Phi) is 3.31. The normalized spacial score (nSPS) is 11.3. The maximum absolute atomic E-state index is 12.6. The number of halogens is 3. The molecule has 1 N–H and O–H groups in total. The average molecular weight is 284 g/mol. The van der Waals surface area contributed by atoms with Crippen LogP contribution in [-0.4, -0.2) is 9.91 Å². The minimum absolute atomic E-state index is 0.0372. The minimum atomic E-state index is -4.55. The molecular weight excluding hydrogens is 277 g/mol. The van der Waals surface area contributed by atoms with Crippen molar-refractivity contribution in [3.05, 3.63) is 62.6 Å². The lowest BCUT2D eigenvalue weighted by Gasteiger charge is -2.08. The van der Waals surface area contributed by atoms with Gasteiger partial charge in [0.15, 0.2) is 0 Å². The van der Waals surface area contributed by atoms with Crippen LogP contribution in [0.4, 0.5) is 18.9 Å². The second-order valence-electron chi connectivity index (χ2n) is 3.94. The van der Waals surface area contributed by atoms with E-state index in [1.807, 2.05) is 0 Å². The van der Waals surface area contributed by atoms with Crippen molar-refractivity contribution in [1.29, 1.82) is 0 Å². The van der Waals surface area contributed by atoms with Gasteiger partial charge in [-0.2, -0.15) is 13.2 Å². The molecule has 2 rings (SSSR count). The van der Waals surface area contributed by atoms with Crippen LogP contribution in [0, 0.1) is 10.1 Å². The van der Waals surface area contributed by atoms with Gasteiger partial charge in [0.2, 0.25) is 0 Å². The van der Waals surface area contributed by atoms with Gasteiger partial charge in [-0.05, 0) is 17.7 Å². The topological polar surface area (TPSA) is 76.0 Å². The summed E-state index contributed by atoms with van der Waals surface area (Å²) in [5, 5.41) is 10.6. The predicted molar refractivity (Wildman–Crippen MR) is 64.2 cm³/mol. The maximum Gasteiger partial charge on any atom is 0.416 e. The molecule has 0 fully saturated rings. The summed E-state index contributed by atoms with van der Waals surface area (Å²) in [6, 6.07) is 4.98. The zero-order valence-electron chi connectivity index (χ0n) is 9.77. The van der Waals surface area contributed by atoms with Gasteiger partial charge in [0.1, 0.15) is 0 Å². The van der Waals surface area contributed by atoms with E-state index in [1.54, 1.807) is 0 Å². The van der Waals surface area contributed by atoms with Crippen molar-refractivity contribution in [1.82, 2.24) is 4.98 Å². The molecule has 0 bridgehead atoms. The van der Waals surface area contributed by atoms with Crippen molar-refractivity contribution in [3.63, 3.8) is 0 Å². The van der Waals surface area contributed by atoms with Gasteiger partial charge in [-0.15, -0.1) is 0 Å². The van der Waals surface area contributed by atoms with Crippen LogP contribution in [0.3, 0.4) is 0 Å². The first kappa shape index (κ1) is 13.8. The molecule has 0 amide bonds. The number of benzene rings is 1. The number of alkyl halides is 3. The maximum atomic E-state index is 12.6. The molecule has 0 saturated carbocycles. The second-order valence-corrected chi connectivity index (χ2v) is 3.94. The molecule has 0 radical (unpaired) electrons. The van der Waals surface area contributed by atoms with E-state index in [0.29, 0.717) is 0 Å². The van der Waals surface area contributed by atoms with Gasteiger partial charge < -0.3 is 4.98 Å². The number of nitrogens with zero attached hydrogens (tertiary/aromatic N) is 1. The molecule has 8 heteroatoms. The van der Waals surface area contributed by atoms with E-state index in [-0.39, 0.29) is 11.1 Å². The van der Waals surface area contributed by atoms with Crippen LogP contribution >= 0.6 is 0 Å². The lowest BCUT2D eigenvalue weighted by Crippen LogP contribution is -2.10. The SMILES string of the molecule is O=c1[nH]cc([N+](=O)[O-])cc1-c1cccc(C(F)(F)F)c1. The Hall–Kier alpha value is -2.64. The van der Waals surface area contributed by atoms with Gasteiger partial charge in [0.05, 0.1) is 22.2 Å². The molecule has 20 heavy (non-hydrogen) atoms. The number of aromatic amines is 1. The van der Waals surface area contributed by atoms with E-state index >= 15 is 0 Å². The number of nitro groups is 1. The number of H-pyrrole nitrogens is 1. The molecule has 0 aliphatic carbocycles. The van der Waals surface area contributed by atoms with Crippen LogP contribution < -0.4 is 5.56 Å². The highest BCUT2D eigenvalue weighted by molar-refractivity contribution is 5.65. The summed E-state index contributed by atoms with van der Waals surface area (Å²) < 4.78 is 37.8. The highest BCUT2D eigenvalue weighted by atomic mass is 19.4. The molecule has 0 saturated heterocycles. The van der Waals surface area contributed by atoms with Crippen LogP contribution in [0.25, 0.3) is 11.1 Å². The van der Waals surface area contributed by atoms with E-state index in [9.17, 15) is 28.1 Å². The molecule has 1 heterocycles. The summed E-state index contributed by atoms with van der Waals surface area (Å²) in [5.41, 5.74) is -2.26. The summed E-state index contributed by atoms with van der Waals surface area (Å²) >= 11 is 0. The molecule has 0 aliphatic heterocycles. The third-order valence-corrected chi connectivity index (χ3v) is 2.60. The van der Waals surface area contributed by atoms with Gasteiger partial charge in [-0.25, -0.2) is 0 Å². The number of pyridine rings is 1. The molecule has 2 aromatic rings. The number of aromatic nitrogens is 1. The minimum Gasteiger partial charge on any atom is -0.322 e. The summed E-state index contributed by atoms with van der Waals surface area (Å²) in [6.45, 7) is 0. The summed E-state index contributed by atoms with van der Waals surface area (Å²) in [4.78, 5) is 23.6. The fourth-order valence-electron chi connectivity index (χ4n) is 1.66. The Morgan fingerprint density at radius 3 is 2.50 bits per heavy atom. The summed E-state index contributed by atoms with van der Waals surface area (Å²) in [6.07, 6.45) is -3.66. The third kappa shape index (κ3) is 2.68. The van der Waals surface area contributed by atoms with Crippen molar-refractivity contribution in [3.8, 4) is 11.1 Å². The molecular formula is C12H7F3N2O3. The van der Waals surface area contributed by atoms with Crippen molar-refractivity contribution in [2.24, 2.45) is 0 Å². The molecule has 0 atom stereocenters. The van der Waals surface area contributed by atoms with Crippen molar-refractivity contribution in [2.75, 3.05) is 0 Å². The monoisotopic (exact) mass is 284 g/mol. The van der Waals surface area contributed by atoms with Crippen LogP contribution in [0.2, 0.25) is 0 Å². The van der Waals surface area contributed by atoms with E-state index in [0.717, 1.165) is 30.5 Å². The molecule has 0 aliphatic rings. The fraction of sp³-hybridized carbons (Fsp3) is 0.0833. The first-order valence-electron chi connectivity index (χ1n) is 5.34. The van der Waals surface area contributed by atoms with Gasteiger partial charge in [-0.1, -0.05) is 12.1 Å². The second kappa shape index (κ2) is 4.80. The summed E-state index contributed by atoms with van der Waals surface area (Å²) in [7, 11) is 0. The Balaban J connectivity index is 2.60. The van der Waals surface area contributed by atoms with Crippen LogP contribution in [0.5, 0.6) is 0 Å². The Bertz CT molecular complexity index is 722. The molecule has 0 spiro atoms. The lowest BCUT2D eigenvalue weighted by molar-refractivity contribution is -0.385. The molecule has 0 unspecified atom stereocenters. The number of rotatable bonds is 2. The van der Waals surface area contributed by atoms with Crippen LogP contribution in [0.1, 0.15) is 5.56 Å². The van der Waals surface area contributed by atoms with E-state index in [2.05, 4.69) is 4.98 Å². The quantitative estimate of drug-likeness (QED) is 0.680. The molecule has 5 nitrogen and oxygen atoms in total. The largest absolute Gasteiger partial charge is 0.416 e. The third-order valence-electron chi connectivity index (χ3n) is 2.60. The smallest absolute Gasteiger partial charge is 0.322 e. The van der Waals surface area contributed by atoms with Gasteiger partial charge in [0, 0.05) is 6.07 Å². The van der Waals surface area contributed by atoms with Crippen molar-refractivity contribution < 1.29 is 18.1 Å². The Morgan fingerprint density at radius 2 is 1.90 bits per heavy atom. The predicted octanol–water partition coefficient (Wildman–Crippen LogP) is 2.97. The molecule has 1 aromatic carbocycles. The zero-order chi connectivity index (χ0) is 14.9. The zero-order valence-corrected chi connectivity index (χ0v) is 9.77. The first-order chi connectivity index (χ1) is 9.29. The average Bonchev–Trinajstić information content (AvgIpc) is 2.38. The van der Waals surface area contributed by atoms with Crippen LogP contribution in [-0.2, 0) is 6.18 Å². The number of hydrogen-bond acceptors (Lipinski definition) is 3. The molecule has 1 aromatic heterocycles. The van der Waals surface area contributed by atoms with E-state index in [4.69, 9.17) is 0 Å². The van der Waals surface area contributed by atoms with Gasteiger partial charge in [0.25, 0.3) is 11.2 Å².